The number of aliphatic hydroxyl groups is 1. The van der Waals surface area contributed by atoms with Crippen molar-refractivity contribution in [2.75, 3.05) is 50.7 Å². The van der Waals surface area contributed by atoms with Gasteiger partial charge in [0.2, 0.25) is 0 Å². The fourth-order valence-corrected chi connectivity index (χ4v) is 5.98. The number of aromatic hydroxyl groups is 1. The zero-order valence-electron chi connectivity index (χ0n) is 25.0. The van der Waals surface area contributed by atoms with Crippen molar-refractivity contribution in [3.8, 4) is 5.75 Å². The highest BCUT2D eigenvalue weighted by molar-refractivity contribution is 5.66. The second kappa shape index (κ2) is 15.9. The maximum Gasteiger partial charge on any atom is 0.171 e. The standard InChI is InChI=1S/C30H47N5O2.C2H6/c1-4-25(11-10-23(2)36)22-33-14-12-28(13-15-33)34-16-18-35(19-17-34)30-29(37)20-26(21-31-30)24(3)32-27-8-6-5-7-9-27;1-2/h10-11,20-21,27-28,32,36-37H,3-9,12-19,22H2,1-2H3;1-2H3/b23-10+,25-11+;. The Morgan fingerprint density at radius 3 is 2.28 bits per heavy atom. The molecule has 0 radical (unpaired) electrons. The first-order valence-electron chi connectivity index (χ1n) is 15.3. The van der Waals surface area contributed by atoms with E-state index in [-0.39, 0.29) is 5.75 Å². The molecule has 2 saturated heterocycles. The summed E-state index contributed by atoms with van der Waals surface area (Å²) in [7, 11) is 0. The van der Waals surface area contributed by atoms with Crippen LogP contribution in [0.25, 0.3) is 5.70 Å². The number of piperidine rings is 1. The summed E-state index contributed by atoms with van der Waals surface area (Å²) in [6.45, 7) is 19.1. The predicted molar refractivity (Wildman–Crippen MR) is 164 cm³/mol. The molecule has 1 aromatic rings. The fraction of sp³-hybridized carbons (Fsp3) is 0.656. The Bertz CT molecular complexity index is 949. The lowest BCUT2D eigenvalue weighted by Gasteiger charge is -2.43. The third-order valence-corrected chi connectivity index (χ3v) is 8.31. The van der Waals surface area contributed by atoms with Gasteiger partial charge >= 0.3 is 0 Å². The first-order valence-corrected chi connectivity index (χ1v) is 15.3. The minimum Gasteiger partial charge on any atom is -0.513 e. The van der Waals surface area contributed by atoms with Gasteiger partial charge in [0, 0.05) is 62.3 Å². The molecule has 7 nitrogen and oxygen atoms in total. The molecular formula is C32H53N5O2. The van der Waals surface area contributed by atoms with Crippen molar-refractivity contribution in [1.29, 1.82) is 0 Å². The van der Waals surface area contributed by atoms with Crippen LogP contribution in [0.5, 0.6) is 5.75 Å². The molecule has 0 bridgehead atoms. The summed E-state index contributed by atoms with van der Waals surface area (Å²) in [4.78, 5) is 12.0. The van der Waals surface area contributed by atoms with Gasteiger partial charge in [-0.25, -0.2) is 4.98 Å². The number of nitrogens with zero attached hydrogens (tertiary/aromatic N) is 4. The molecule has 3 heterocycles. The molecule has 7 heteroatoms. The molecule has 0 spiro atoms. The molecule has 3 aliphatic rings. The molecule has 1 aliphatic carbocycles. The van der Waals surface area contributed by atoms with Gasteiger partial charge in [0.1, 0.15) is 0 Å². The van der Waals surface area contributed by atoms with E-state index in [4.69, 9.17) is 0 Å². The number of hydrogen-bond donors (Lipinski definition) is 3. The smallest absolute Gasteiger partial charge is 0.171 e. The molecular weight excluding hydrogens is 486 g/mol. The zero-order valence-corrected chi connectivity index (χ0v) is 25.0. The molecule has 0 amide bonds. The van der Waals surface area contributed by atoms with Gasteiger partial charge in [0.25, 0.3) is 0 Å². The average molecular weight is 540 g/mol. The van der Waals surface area contributed by atoms with Crippen LogP contribution < -0.4 is 10.2 Å². The zero-order chi connectivity index (χ0) is 28.2. The maximum atomic E-state index is 10.8. The SMILES string of the molecule is C=C(NC1CCCCC1)c1cnc(N2CCN(C3CCN(C/C(=C/C=C(\C)O)CC)CC3)CC2)c(O)c1.CC. The van der Waals surface area contributed by atoms with E-state index in [1.165, 1.54) is 50.5 Å². The van der Waals surface area contributed by atoms with Crippen molar-refractivity contribution in [3.05, 3.63) is 47.9 Å². The summed E-state index contributed by atoms with van der Waals surface area (Å²) in [6, 6.07) is 2.94. The van der Waals surface area contributed by atoms with Crippen LogP contribution in [0.1, 0.15) is 84.6 Å². The van der Waals surface area contributed by atoms with Gasteiger partial charge in [-0.15, -0.1) is 0 Å². The van der Waals surface area contributed by atoms with Crippen molar-refractivity contribution in [3.63, 3.8) is 0 Å². The highest BCUT2D eigenvalue weighted by Crippen LogP contribution is 2.30. The lowest BCUT2D eigenvalue weighted by atomic mass is 9.95. The van der Waals surface area contributed by atoms with Gasteiger partial charge in [-0.05, 0) is 64.3 Å². The minimum atomic E-state index is 0.247. The van der Waals surface area contributed by atoms with E-state index < -0.39 is 0 Å². The first-order chi connectivity index (χ1) is 18.9. The molecule has 4 rings (SSSR count). The van der Waals surface area contributed by atoms with Crippen LogP contribution in [0.2, 0.25) is 0 Å². The van der Waals surface area contributed by atoms with Crippen LogP contribution in [0, 0.1) is 0 Å². The van der Waals surface area contributed by atoms with Crippen LogP contribution in [0.4, 0.5) is 5.82 Å². The molecule has 3 N–H and O–H groups in total. The van der Waals surface area contributed by atoms with E-state index in [1.54, 1.807) is 13.0 Å². The van der Waals surface area contributed by atoms with E-state index in [2.05, 4.69) is 44.6 Å². The molecule has 1 saturated carbocycles. The number of aromatic nitrogens is 1. The highest BCUT2D eigenvalue weighted by Gasteiger charge is 2.28. The highest BCUT2D eigenvalue weighted by atomic mass is 16.3. The Labute approximate surface area is 237 Å². The quantitative estimate of drug-likeness (QED) is 0.259. The number of pyridine rings is 1. The summed E-state index contributed by atoms with van der Waals surface area (Å²) >= 11 is 0. The summed E-state index contributed by atoms with van der Waals surface area (Å²) in [5, 5.41) is 23.8. The van der Waals surface area contributed by atoms with Crippen molar-refractivity contribution >= 4 is 11.5 Å². The Morgan fingerprint density at radius 2 is 1.69 bits per heavy atom. The second-order valence-electron chi connectivity index (χ2n) is 11.0. The Kier molecular flexibility index (Phi) is 12.7. The summed E-state index contributed by atoms with van der Waals surface area (Å²) in [6.07, 6.45) is 15.4. The van der Waals surface area contributed by atoms with Gasteiger partial charge < -0.3 is 20.4 Å². The van der Waals surface area contributed by atoms with Crippen LogP contribution >= 0.6 is 0 Å². The Hall–Kier alpha value is -2.51. The fourth-order valence-electron chi connectivity index (χ4n) is 5.98. The van der Waals surface area contributed by atoms with Gasteiger partial charge in [0.15, 0.2) is 11.6 Å². The lowest BCUT2D eigenvalue weighted by molar-refractivity contribution is 0.107. The average Bonchev–Trinajstić information content (AvgIpc) is 2.97. The molecule has 1 aromatic heterocycles. The van der Waals surface area contributed by atoms with E-state index in [0.717, 1.165) is 63.5 Å². The van der Waals surface area contributed by atoms with Gasteiger partial charge in [-0.1, -0.05) is 58.3 Å². The van der Waals surface area contributed by atoms with Gasteiger partial charge in [-0.3, -0.25) is 9.80 Å². The maximum absolute atomic E-state index is 10.8. The molecule has 0 unspecified atom stereocenters. The molecule has 218 valence electrons. The summed E-state index contributed by atoms with van der Waals surface area (Å²) in [5.41, 5.74) is 3.10. The Balaban J connectivity index is 0.00000205. The molecule has 2 aliphatic heterocycles. The minimum absolute atomic E-state index is 0.247. The molecule has 0 atom stereocenters. The van der Waals surface area contributed by atoms with Crippen molar-refractivity contribution < 1.29 is 10.2 Å². The van der Waals surface area contributed by atoms with E-state index in [1.807, 2.05) is 26.1 Å². The van der Waals surface area contributed by atoms with Crippen LogP contribution in [-0.4, -0.2) is 82.9 Å². The number of rotatable bonds is 9. The third-order valence-electron chi connectivity index (χ3n) is 8.31. The van der Waals surface area contributed by atoms with Gasteiger partial charge in [-0.2, -0.15) is 0 Å². The topological polar surface area (TPSA) is 75.1 Å². The van der Waals surface area contributed by atoms with Crippen molar-refractivity contribution in [2.45, 2.75) is 91.1 Å². The normalized spacial score (nSPS) is 20.9. The molecule has 3 fully saturated rings. The number of allylic oxidation sites excluding steroid dienone is 3. The number of piperazine rings is 1. The number of hydrogen-bond acceptors (Lipinski definition) is 7. The second-order valence-corrected chi connectivity index (χ2v) is 11.0. The van der Waals surface area contributed by atoms with E-state index in [0.29, 0.717) is 23.7 Å². The number of anilines is 1. The van der Waals surface area contributed by atoms with E-state index in [9.17, 15) is 10.2 Å². The summed E-state index contributed by atoms with van der Waals surface area (Å²) in [5.74, 6) is 1.30. The van der Waals surface area contributed by atoms with Crippen molar-refractivity contribution in [2.24, 2.45) is 0 Å². The predicted octanol–water partition coefficient (Wildman–Crippen LogP) is 6.09. The van der Waals surface area contributed by atoms with Gasteiger partial charge in [0.05, 0.1) is 5.76 Å². The number of likely N-dealkylation sites (tertiary alicyclic amines) is 1. The summed E-state index contributed by atoms with van der Waals surface area (Å²) < 4.78 is 0. The largest absolute Gasteiger partial charge is 0.513 e. The number of nitrogens with one attached hydrogen (secondary N) is 1. The van der Waals surface area contributed by atoms with Crippen LogP contribution in [-0.2, 0) is 0 Å². The molecule has 39 heavy (non-hydrogen) atoms. The van der Waals surface area contributed by atoms with Crippen molar-refractivity contribution in [1.82, 2.24) is 20.1 Å². The molecule has 0 aromatic carbocycles. The third kappa shape index (κ3) is 9.28. The Morgan fingerprint density at radius 1 is 1.03 bits per heavy atom. The first kappa shape index (κ1) is 31.0. The van der Waals surface area contributed by atoms with Crippen LogP contribution in [0.3, 0.4) is 0 Å². The van der Waals surface area contributed by atoms with E-state index >= 15 is 0 Å². The monoisotopic (exact) mass is 539 g/mol. The lowest BCUT2D eigenvalue weighted by Crippen LogP contribution is -2.53. The number of aliphatic hydroxyl groups excluding tert-OH is 1. The van der Waals surface area contributed by atoms with Crippen LogP contribution in [0.15, 0.2) is 42.3 Å².